The zero-order valence-corrected chi connectivity index (χ0v) is 17.6. The van der Waals surface area contributed by atoms with E-state index in [0.29, 0.717) is 0 Å². The largest absolute Gasteiger partial charge is 0.355 e. The fraction of sp³-hybridized carbons (Fsp3) is 0.364. The molecule has 0 saturated carbocycles. The topological polar surface area (TPSA) is 88.0 Å². The summed E-state index contributed by atoms with van der Waals surface area (Å²) in [4.78, 5) is 14.5. The van der Waals surface area contributed by atoms with Crippen molar-refractivity contribution in [3.8, 4) is 11.4 Å². The van der Waals surface area contributed by atoms with Gasteiger partial charge in [-0.15, -0.1) is 10.2 Å². The van der Waals surface area contributed by atoms with Crippen molar-refractivity contribution in [2.75, 3.05) is 23.3 Å². The Bertz CT molecular complexity index is 1020. The van der Waals surface area contributed by atoms with Crippen LogP contribution in [-0.2, 0) is 7.05 Å². The van der Waals surface area contributed by atoms with Crippen molar-refractivity contribution < 1.29 is 4.79 Å². The minimum absolute atomic E-state index is 0.146. The molecule has 1 fully saturated rings. The summed E-state index contributed by atoms with van der Waals surface area (Å²) in [6, 6.07) is 11.4. The Morgan fingerprint density at radius 1 is 1.03 bits per heavy atom. The third kappa shape index (κ3) is 4.12. The molecule has 2 aromatic heterocycles. The molecule has 2 amide bonds. The molecule has 156 valence electrons. The smallest absolute Gasteiger partial charge is 0.319 e. The minimum Gasteiger partial charge on any atom is -0.355 e. The van der Waals surface area contributed by atoms with Gasteiger partial charge in [0.2, 0.25) is 0 Å². The highest BCUT2D eigenvalue weighted by Gasteiger charge is 2.24. The number of rotatable bonds is 4. The molecule has 3 heterocycles. The molecule has 30 heavy (non-hydrogen) atoms. The lowest BCUT2D eigenvalue weighted by Crippen LogP contribution is -2.46. The number of urea groups is 1. The Labute approximate surface area is 176 Å². The van der Waals surface area contributed by atoms with Gasteiger partial charge in [0.25, 0.3) is 0 Å². The molecule has 3 aromatic rings. The van der Waals surface area contributed by atoms with Crippen LogP contribution in [0, 0.1) is 13.8 Å². The zero-order valence-electron chi connectivity index (χ0n) is 17.6. The normalized spacial score (nSPS) is 14.6. The van der Waals surface area contributed by atoms with Crippen LogP contribution in [0.15, 0.2) is 42.6 Å². The van der Waals surface area contributed by atoms with Crippen molar-refractivity contribution in [3.63, 3.8) is 0 Å². The van der Waals surface area contributed by atoms with Crippen molar-refractivity contribution >= 4 is 17.5 Å². The summed E-state index contributed by atoms with van der Waals surface area (Å²) in [5.74, 6) is 0.922. The molecule has 8 heteroatoms. The number of amides is 2. The number of piperidine rings is 1. The average molecular weight is 406 g/mol. The van der Waals surface area contributed by atoms with E-state index < -0.39 is 0 Å². The molecular formula is C22H27N7O. The summed E-state index contributed by atoms with van der Waals surface area (Å²) in [6.45, 7) is 5.83. The maximum atomic E-state index is 12.2. The van der Waals surface area contributed by atoms with Crippen LogP contribution in [0.2, 0.25) is 0 Å². The lowest BCUT2D eigenvalue weighted by Gasteiger charge is -2.34. The molecule has 0 aliphatic carbocycles. The molecule has 4 rings (SSSR count). The van der Waals surface area contributed by atoms with E-state index in [1.165, 1.54) is 0 Å². The highest BCUT2D eigenvalue weighted by Crippen LogP contribution is 2.28. The van der Waals surface area contributed by atoms with Gasteiger partial charge in [-0.05, 0) is 56.0 Å². The zero-order chi connectivity index (χ0) is 21.1. The average Bonchev–Trinajstić information content (AvgIpc) is 3.17. The van der Waals surface area contributed by atoms with Gasteiger partial charge in [-0.3, -0.25) is 4.68 Å². The molecular weight excluding hydrogens is 378 g/mol. The van der Waals surface area contributed by atoms with Crippen LogP contribution in [0.5, 0.6) is 0 Å². The molecule has 1 aliphatic rings. The van der Waals surface area contributed by atoms with Gasteiger partial charge < -0.3 is 15.5 Å². The lowest BCUT2D eigenvalue weighted by molar-refractivity contribution is 0.246. The second-order valence-corrected chi connectivity index (χ2v) is 7.69. The number of nitrogens with zero attached hydrogens (tertiary/aromatic N) is 5. The van der Waals surface area contributed by atoms with Gasteiger partial charge in [-0.1, -0.05) is 18.2 Å². The Balaban J connectivity index is 1.38. The fourth-order valence-electron chi connectivity index (χ4n) is 3.85. The van der Waals surface area contributed by atoms with Crippen molar-refractivity contribution in [2.24, 2.45) is 7.05 Å². The molecule has 0 unspecified atom stereocenters. The van der Waals surface area contributed by atoms with E-state index in [4.69, 9.17) is 0 Å². The number of aryl methyl sites for hydroxylation is 1. The van der Waals surface area contributed by atoms with Crippen molar-refractivity contribution in [1.82, 2.24) is 25.3 Å². The third-order valence-corrected chi connectivity index (χ3v) is 5.72. The molecule has 0 bridgehead atoms. The second-order valence-electron chi connectivity index (χ2n) is 7.69. The van der Waals surface area contributed by atoms with Crippen LogP contribution in [0.4, 0.5) is 16.3 Å². The SMILES string of the molecule is Cc1c(-c2ccnn2C)nnc(N2CCC(NC(=O)Nc3ccccc3)CC2)c1C. The lowest BCUT2D eigenvalue weighted by atomic mass is 10.0. The summed E-state index contributed by atoms with van der Waals surface area (Å²) in [7, 11) is 1.91. The Hall–Kier alpha value is -3.42. The molecule has 0 spiro atoms. The van der Waals surface area contributed by atoms with E-state index in [1.54, 1.807) is 6.20 Å². The van der Waals surface area contributed by atoms with Crippen LogP contribution in [-0.4, -0.2) is 45.1 Å². The number of hydrogen-bond acceptors (Lipinski definition) is 5. The number of carbonyl (C=O) groups is 1. The first-order valence-corrected chi connectivity index (χ1v) is 10.2. The van der Waals surface area contributed by atoms with Crippen molar-refractivity contribution in [1.29, 1.82) is 0 Å². The number of carbonyl (C=O) groups excluding carboxylic acids is 1. The predicted molar refractivity (Wildman–Crippen MR) is 118 cm³/mol. The monoisotopic (exact) mass is 405 g/mol. The first-order valence-electron chi connectivity index (χ1n) is 10.2. The van der Waals surface area contributed by atoms with Gasteiger partial charge in [0.15, 0.2) is 5.82 Å². The van der Waals surface area contributed by atoms with Gasteiger partial charge in [0.05, 0.1) is 5.69 Å². The van der Waals surface area contributed by atoms with Crippen LogP contribution in [0.25, 0.3) is 11.4 Å². The number of anilines is 2. The summed E-state index contributed by atoms with van der Waals surface area (Å²) in [5, 5.41) is 19.2. The maximum Gasteiger partial charge on any atom is 0.319 e. The van der Waals surface area contributed by atoms with Gasteiger partial charge in [0.1, 0.15) is 5.69 Å². The molecule has 0 atom stereocenters. The summed E-state index contributed by atoms with van der Waals surface area (Å²) < 4.78 is 1.81. The van der Waals surface area contributed by atoms with Crippen molar-refractivity contribution in [2.45, 2.75) is 32.7 Å². The quantitative estimate of drug-likeness (QED) is 0.695. The number of nitrogens with one attached hydrogen (secondary N) is 2. The van der Waals surface area contributed by atoms with Gasteiger partial charge in [0, 0.05) is 38.1 Å². The van der Waals surface area contributed by atoms with E-state index >= 15 is 0 Å². The molecule has 2 N–H and O–H groups in total. The standard InChI is InChI=1S/C22H27N7O/c1-15-16(2)21(27-26-20(15)19-9-12-23-28(19)3)29-13-10-18(11-14-29)25-22(30)24-17-7-5-4-6-8-17/h4-9,12,18H,10-11,13-14H2,1-3H3,(H2,24,25,30). The number of para-hydroxylation sites is 1. The van der Waals surface area contributed by atoms with Crippen LogP contribution < -0.4 is 15.5 Å². The van der Waals surface area contributed by atoms with Crippen LogP contribution >= 0.6 is 0 Å². The van der Waals surface area contributed by atoms with Gasteiger partial charge in [-0.2, -0.15) is 5.10 Å². The Kier molecular flexibility index (Phi) is 5.65. The predicted octanol–water partition coefficient (Wildman–Crippen LogP) is 3.28. The van der Waals surface area contributed by atoms with E-state index in [9.17, 15) is 4.79 Å². The first kappa shape index (κ1) is 19.9. The number of hydrogen-bond donors (Lipinski definition) is 2. The van der Waals surface area contributed by atoms with E-state index in [-0.39, 0.29) is 12.1 Å². The van der Waals surface area contributed by atoms with E-state index in [2.05, 4.69) is 44.7 Å². The minimum atomic E-state index is -0.160. The molecule has 1 saturated heterocycles. The maximum absolute atomic E-state index is 12.2. The Morgan fingerprint density at radius 3 is 2.43 bits per heavy atom. The second kappa shape index (κ2) is 8.52. The highest BCUT2D eigenvalue weighted by molar-refractivity contribution is 5.89. The van der Waals surface area contributed by atoms with Crippen molar-refractivity contribution in [3.05, 3.63) is 53.7 Å². The molecule has 1 aliphatic heterocycles. The number of benzene rings is 1. The molecule has 1 aromatic carbocycles. The third-order valence-electron chi connectivity index (χ3n) is 5.72. The Morgan fingerprint density at radius 2 is 1.77 bits per heavy atom. The summed E-state index contributed by atoms with van der Waals surface area (Å²) >= 11 is 0. The summed E-state index contributed by atoms with van der Waals surface area (Å²) in [6.07, 6.45) is 3.50. The van der Waals surface area contributed by atoms with Crippen LogP contribution in [0.1, 0.15) is 24.0 Å². The van der Waals surface area contributed by atoms with E-state index in [0.717, 1.165) is 60.0 Å². The van der Waals surface area contributed by atoms with Gasteiger partial charge in [-0.25, -0.2) is 4.79 Å². The molecule has 8 nitrogen and oxygen atoms in total. The van der Waals surface area contributed by atoms with Crippen LogP contribution in [0.3, 0.4) is 0 Å². The van der Waals surface area contributed by atoms with E-state index in [1.807, 2.05) is 48.1 Å². The molecule has 0 radical (unpaired) electrons. The highest BCUT2D eigenvalue weighted by atomic mass is 16.2. The first-order chi connectivity index (χ1) is 14.5. The fourth-order valence-corrected chi connectivity index (χ4v) is 3.85. The number of aromatic nitrogens is 4. The van der Waals surface area contributed by atoms with Gasteiger partial charge >= 0.3 is 6.03 Å². The summed E-state index contributed by atoms with van der Waals surface area (Å²) in [5.41, 5.74) is 4.87.